The second kappa shape index (κ2) is 8.61. The Kier molecular flexibility index (Phi) is 6.47. The zero-order chi connectivity index (χ0) is 20.9. The molecule has 3 amide bonds. The number of alkyl halides is 3. The van der Waals surface area contributed by atoms with Gasteiger partial charge in [0.1, 0.15) is 0 Å². The molecule has 0 aliphatic rings. The number of anilines is 2. The number of benzene rings is 2. The van der Waals surface area contributed by atoms with Gasteiger partial charge < -0.3 is 21.1 Å². The fourth-order valence-corrected chi connectivity index (χ4v) is 2.26. The predicted octanol–water partition coefficient (Wildman–Crippen LogP) is 3.64. The largest absolute Gasteiger partial charge is 0.452 e. The Hall–Kier alpha value is -3.27. The van der Waals surface area contributed by atoms with Crippen LogP contribution in [0.3, 0.4) is 0 Å². The van der Waals surface area contributed by atoms with E-state index in [2.05, 4.69) is 5.32 Å². The summed E-state index contributed by atoms with van der Waals surface area (Å²) in [5, 5.41) is 4.17. The van der Waals surface area contributed by atoms with Crippen molar-refractivity contribution in [2.75, 3.05) is 17.2 Å². The molecular formula is C17H13ClF3N3O4. The number of hydrogen-bond donors (Lipinski definition) is 3. The van der Waals surface area contributed by atoms with Crippen molar-refractivity contribution in [2.45, 2.75) is 6.18 Å². The fraction of sp³-hybridized carbons (Fsp3) is 0.118. The number of rotatable bonds is 5. The number of nitrogens with one attached hydrogen (secondary N) is 2. The lowest BCUT2D eigenvalue weighted by molar-refractivity contribution is -0.137. The summed E-state index contributed by atoms with van der Waals surface area (Å²) in [6.07, 6.45) is -4.73. The molecule has 0 radical (unpaired) electrons. The van der Waals surface area contributed by atoms with Crippen LogP contribution in [0, 0.1) is 0 Å². The van der Waals surface area contributed by atoms with Crippen molar-refractivity contribution in [1.82, 2.24) is 0 Å². The summed E-state index contributed by atoms with van der Waals surface area (Å²) in [7, 11) is 0. The van der Waals surface area contributed by atoms with Crippen LogP contribution in [-0.4, -0.2) is 24.5 Å². The molecule has 0 fully saturated rings. The van der Waals surface area contributed by atoms with Gasteiger partial charge >= 0.3 is 18.2 Å². The number of amides is 3. The minimum Gasteiger partial charge on any atom is -0.452 e. The third-order valence-electron chi connectivity index (χ3n) is 3.28. The molecule has 0 spiro atoms. The van der Waals surface area contributed by atoms with Gasteiger partial charge in [0.15, 0.2) is 6.61 Å². The maximum absolute atomic E-state index is 13.0. The molecule has 4 N–H and O–H groups in total. The SMILES string of the molecule is NC(=O)Nc1ccc(C(=O)OCC(=O)Nc2ccc(Cl)cc2C(F)(F)F)cc1. The molecule has 0 heterocycles. The standard InChI is InChI=1S/C17H13ClF3N3O4/c18-10-3-6-13(12(7-10)17(19,20)21)24-14(25)8-28-15(26)9-1-4-11(5-2-9)23-16(22)27/h1-7H,8H2,(H,24,25)(H3,22,23,27). The van der Waals surface area contributed by atoms with Gasteiger partial charge in [-0.3, -0.25) is 4.79 Å². The van der Waals surface area contributed by atoms with Crippen molar-refractivity contribution < 1.29 is 32.3 Å². The van der Waals surface area contributed by atoms with Gasteiger partial charge in [-0.2, -0.15) is 13.2 Å². The maximum atomic E-state index is 13.0. The van der Waals surface area contributed by atoms with Crippen LogP contribution in [-0.2, 0) is 15.7 Å². The number of halogens is 4. The van der Waals surface area contributed by atoms with E-state index in [1.54, 1.807) is 0 Å². The summed E-state index contributed by atoms with van der Waals surface area (Å²) >= 11 is 5.56. The van der Waals surface area contributed by atoms with Crippen LogP contribution in [0.25, 0.3) is 0 Å². The van der Waals surface area contributed by atoms with Gasteiger partial charge in [-0.05, 0) is 42.5 Å². The second-order valence-corrected chi connectivity index (χ2v) is 5.82. The average molecular weight is 416 g/mol. The van der Waals surface area contributed by atoms with Gasteiger partial charge in [0.05, 0.1) is 16.8 Å². The lowest BCUT2D eigenvalue weighted by Gasteiger charge is -2.14. The number of esters is 1. The topological polar surface area (TPSA) is 111 Å². The third-order valence-corrected chi connectivity index (χ3v) is 3.52. The lowest BCUT2D eigenvalue weighted by Crippen LogP contribution is -2.23. The van der Waals surface area contributed by atoms with Crippen molar-refractivity contribution in [3.8, 4) is 0 Å². The molecule has 0 atom stereocenters. The molecule has 0 unspecified atom stereocenters. The average Bonchev–Trinajstić information content (AvgIpc) is 2.60. The highest BCUT2D eigenvalue weighted by atomic mass is 35.5. The molecule has 2 aromatic carbocycles. The van der Waals surface area contributed by atoms with Crippen LogP contribution in [0.4, 0.5) is 29.3 Å². The number of urea groups is 1. The number of nitrogens with two attached hydrogens (primary N) is 1. The quantitative estimate of drug-likeness (QED) is 0.647. The molecule has 0 bridgehead atoms. The van der Waals surface area contributed by atoms with E-state index in [0.717, 1.165) is 6.07 Å². The minimum absolute atomic E-state index is 0.0605. The second-order valence-electron chi connectivity index (χ2n) is 5.38. The van der Waals surface area contributed by atoms with Gasteiger partial charge in [0.25, 0.3) is 5.91 Å². The van der Waals surface area contributed by atoms with E-state index in [0.29, 0.717) is 11.8 Å². The molecule has 0 saturated carbocycles. The first-order valence-corrected chi connectivity index (χ1v) is 7.94. The Balaban J connectivity index is 1.97. The van der Waals surface area contributed by atoms with Crippen LogP contribution in [0.2, 0.25) is 5.02 Å². The monoisotopic (exact) mass is 415 g/mol. The first-order valence-electron chi connectivity index (χ1n) is 7.56. The third kappa shape index (κ3) is 5.88. The van der Waals surface area contributed by atoms with Crippen molar-refractivity contribution in [3.05, 3.63) is 58.6 Å². The summed E-state index contributed by atoms with van der Waals surface area (Å²) in [5.41, 5.74) is 3.70. The fourth-order valence-electron chi connectivity index (χ4n) is 2.09. The van der Waals surface area contributed by atoms with Crippen molar-refractivity contribution in [1.29, 1.82) is 0 Å². The zero-order valence-electron chi connectivity index (χ0n) is 14.0. The number of ether oxygens (including phenoxy) is 1. The highest BCUT2D eigenvalue weighted by Gasteiger charge is 2.34. The Morgan fingerprint density at radius 2 is 1.68 bits per heavy atom. The molecule has 11 heteroatoms. The van der Waals surface area contributed by atoms with Gasteiger partial charge in [0, 0.05) is 10.7 Å². The first-order chi connectivity index (χ1) is 13.1. The number of primary amides is 1. The van der Waals surface area contributed by atoms with Crippen LogP contribution >= 0.6 is 11.6 Å². The van der Waals surface area contributed by atoms with Crippen molar-refractivity contribution in [3.63, 3.8) is 0 Å². The molecule has 7 nitrogen and oxygen atoms in total. The normalized spacial score (nSPS) is 10.9. The summed E-state index contributed by atoms with van der Waals surface area (Å²) in [5.74, 6) is -1.85. The number of carbonyl (C=O) groups excluding carboxylic acids is 3. The molecule has 0 saturated heterocycles. The van der Waals surface area contributed by atoms with E-state index in [-0.39, 0.29) is 10.6 Å². The van der Waals surface area contributed by atoms with Crippen LogP contribution in [0.15, 0.2) is 42.5 Å². The van der Waals surface area contributed by atoms with Gasteiger partial charge in [0.2, 0.25) is 0 Å². The van der Waals surface area contributed by atoms with Crippen LogP contribution < -0.4 is 16.4 Å². The maximum Gasteiger partial charge on any atom is 0.418 e. The predicted molar refractivity (Wildman–Crippen MR) is 95.0 cm³/mol. The lowest BCUT2D eigenvalue weighted by atomic mass is 10.1. The molecule has 0 aromatic heterocycles. The number of carbonyl (C=O) groups is 3. The van der Waals surface area contributed by atoms with Gasteiger partial charge in [-0.25, -0.2) is 9.59 Å². The van der Waals surface area contributed by atoms with E-state index < -0.39 is 41.9 Å². The van der Waals surface area contributed by atoms with E-state index in [9.17, 15) is 27.6 Å². The Morgan fingerprint density at radius 3 is 2.25 bits per heavy atom. The first kappa shape index (κ1) is 21.0. The van der Waals surface area contributed by atoms with Crippen LogP contribution in [0.5, 0.6) is 0 Å². The van der Waals surface area contributed by atoms with Crippen molar-refractivity contribution >= 4 is 40.9 Å². The van der Waals surface area contributed by atoms with Crippen LogP contribution in [0.1, 0.15) is 15.9 Å². The molecule has 2 aromatic rings. The summed E-state index contributed by atoms with van der Waals surface area (Å²) in [6, 6.07) is 7.45. The van der Waals surface area contributed by atoms with E-state index in [1.165, 1.54) is 30.3 Å². The Morgan fingerprint density at radius 1 is 1.04 bits per heavy atom. The van der Waals surface area contributed by atoms with Crippen molar-refractivity contribution in [2.24, 2.45) is 5.73 Å². The molecule has 2 rings (SSSR count). The molecule has 148 valence electrons. The highest BCUT2D eigenvalue weighted by molar-refractivity contribution is 6.30. The summed E-state index contributed by atoms with van der Waals surface area (Å²) in [6.45, 7) is -0.806. The molecule has 28 heavy (non-hydrogen) atoms. The highest BCUT2D eigenvalue weighted by Crippen LogP contribution is 2.36. The molecule has 0 aliphatic carbocycles. The minimum atomic E-state index is -4.73. The zero-order valence-corrected chi connectivity index (χ0v) is 14.7. The number of hydrogen-bond acceptors (Lipinski definition) is 4. The smallest absolute Gasteiger partial charge is 0.418 e. The van der Waals surface area contributed by atoms with Gasteiger partial charge in [-0.1, -0.05) is 11.6 Å². The van der Waals surface area contributed by atoms with Gasteiger partial charge in [-0.15, -0.1) is 0 Å². The Bertz CT molecular complexity index is 902. The molecule has 0 aliphatic heterocycles. The summed E-state index contributed by atoms with van der Waals surface area (Å²) < 4.78 is 43.8. The van der Waals surface area contributed by atoms with E-state index >= 15 is 0 Å². The van der Waals surface area contributed by atoms with E-state index in [4.69, 9.17) is 22.1 Å². The van der Waals surface area contributed by atoms with E-state index in [1.807, 2.05) is 5.32 Å². The Labute approximate surface area is 161 Å². The summed E-state index contributed by atoms with van der Waals surface area (Å²) in [4.78, 5) is 34.4. The molecular weight excluding hydrogens is 403 g/mol.